The largest absolute Gasteiger partial charge is 0.339 e. The van der Waals surface area contributed by atoms with E-state index in [1.54, 1.807) is 18.5 Å². The number of aromatic nitrogens is 2. The molecule has 4 rings (SSSR count). The predicted octanol–water partition coefficient (Wildman–Crippen LogP) is 3.93. The summed E-state index contributed by atoms with van der Waals surface area (Å²) in [6.45, 7) is 10.3. The first kappa shape index (κ1) is 22.0. The van der Waals surface area contributed by atoms with Crippen LogP contribution in [0.1, 0.15) is 60.2 Å². The Morgan fingerprint density at radius 2 is 1.97 bits per heavy atom. The second kappa shape index (κ2) is 9.10. The van der Waals surface area contributed by atoms with Gasteiger partial charge in [-0.1, -0.05) is 20.4 Å². The van der Waals surface area contributed by atoms with Crippen molar-refractivity contribution in [2.45, 2.75) is 46.0 Å². The molecule has 2 aromatic rings. The summed E-state index contributed by atoms with van der Waals surface area (Å²) in [5.74, 6) is 1.31. The van der Waals surface area contributed by atoms with Gasteiger partial charge >= 0.3 is 0 Å². The lowest BCUT2D eigenvalue weighted by molar-refractivity contribution is 0.0696. The van der Waals surface area contributed by atoms with Crippen LogP contribution >= 0.6 is 0 Å². The number of carbonyl (C=O) groups excluding carboxylic acids is 2. The minimum absolute atomic E-state index is 0.0631. The van der Waals surface area contributed by atoms with E-state index in [0.29, 0.717) is 23.5 Å². The van der Waals surface area contributed by atoms with Crippen molar-refractivity contribution in [3.63, 3.8) is 0 Å². The Morgan fingerprint density at radius 3 is 2.66 bits per heavy atom. The van der Waals surface area contributed by atoms with Gasteiger partial charge in [-0.15, -0.1) is 0 Å². The van der Waals surface area contributed by atoms with E-state index < -0.39 is 0 Å². The second-order valence-corrected chi connectivity index (χ2v) is 8.84. The van der Waals surface area contributed by atoms with Crippen LogP contribution in [-0.2, 0) is 6.42 Å². The van der Waals surface area contributed by atoms with Crippen LogP contribution in [0.5, 0.6) is 0 Å². The number of allylic oxidation sites excluding steroid dienone is 1. The number of hydrogen-bond acceptors (Lipinski definition) is 5. The van der Waals surface area contributed by atoms with E-state index in [4.69, 9.17) is 5.41 Å². The van der Waals surface area contributed by atoms with Gasteiger partial charge in [-0.3, -0.25) is 19.6 Å². The summed E-state index contributed by atoms with van der Waals surface area (Å²) in [4.78, 5) is 34.1. The first-order valence-electron chi connectivity index (χ1n) is 11.4. The number of hydrogen-bond donors (Lipinski definition) is 1. The summed E-state index contributed by atoms with van der Waals surface area (Å²) in [5.41, 5.74) is 3.10. The fraction of sp³-hybridized carbons (Fsp3) is 0.440. The maximum absolute atomic E-state index is 13.0. The molecule has 0 atom stereocenters. The van der Waals surface area contributed by atoms with Crippen LogP contribution in [-0.4, -0.2) is 45.9 Å². The van der Waals surface area contributed by atoms with Gasteiger partial charge in [-0.2, -0.15) is 0 Å². The van der Waals surface area contributed by atoms with Gasteiger partial charge in [0.25, 0.3) is 11.8 Å². The van der Waals surface area contributed by atoms with Gasteiger partial charge in [0.1, 0.15) is 11.3 Å². The highest BCUT2D eigenvalue weighted by Gasteiger charge is 2.25. The van der Waals surface area contributed by atoms with Crippen molar-refractivity contribution in [3.8, 4) is 0 Å². The molecule has 4 heterocycles. The zero-order chi connectivity index (χ0) is 22.8. The van der Waals surface area contributed by atoms with Gasteiger partial charge in [-0.25, -0.2) is 4.98 Å². The topological polar surface area (TPSA) is 82.3 Å². The monoisotopic (exact) mass is 433 g/mol. The van der Waals surface area contributed by atoms with Crippen LogP contribution in [0.3, 0.4) is 0 Å². The van der Waals surface area contributed by atoms with Crippen molar-refractivity contribution in [2.24, 2.45) is 5.92 Å². The molecule has 0 aliphatic carbocycles. The molecule has 0 saturated carbocycles. The van der Waals surface area contributed by atoms with Crippen molar-refractivity contribution < 1.29 is 9.59 Å². The van der Waals surface area contributed by atoms with E-state index in [1.807, 2.05) is 24.0 Å². The van der Waals surface area contributed by atoms with E-state index in [0.717, 1.165) is 62.4 Å². The van der Waals surface area contributed by atoms with Crippen LogP contribution in [0.4, 0.5) is 11.5 Å². The molecule has 7 heteroatoms. The highest BCUT2D eigenvalue weighted by molar-refractivity contribution is 5.95. The number of pyridine rings is 2. The van der Waals surface area contributed by atoms with Gasteiger partial charge in [0, 0.05) is 49.4 Å². The third kappa shape index (κ3) is 4.24. The number of aryl methyl sites for hydroxylation is 1. The minimum atomic E-state index is -0.253. The molecule has 7 nitrogen and oxygen atoms in total. The third-order valence-electron chi connectivity index (χ3n) is 6.54. The Bertz CT molecular complexity index is 1110. The molecule has 0 aromatic carbocycles. The molecule has 0 unspecified atom stereocenters. The smallest absolute Gasteiger partial charge is 0.258 e. The Hall–Kier alpha value is -3.22. The van der Waals surface area contributed by atoms with E-state index >= 15 is 0 Å². The molecule has 2 aliphatic heterocycles. The number of piperidine rings is 1. The zero-order valence-corrected chi connectivity index (χ0v) is 18.9. The van der Waals surface area contributed by atoms with Crippen LogP contribution in [0.25, 0.3) is 0 Å². The highest BCUT2D eigenvalue weighted by Crippen LogP contribution is 2.32. The van der Waals surface area contributed by atoms with Crippen molar-refractivity contribution in [2.75, 3.05) is 24.5 Å². The number of rotatable bonds is 4. The maximum atomic E-state index is 13.0. The number of nitrogens with one attached hydrogen (secondary N) is 1. The Morgan fingerprint density at radius 1 is 1.22 bits per heavy atom. The Kier molecular flexibility index (Phi) is 6.26. The molecular weight excluding hydrogens is 402 g/mol. The van der Waals surface area contributed by atoms with Crippen LogP contribution in [0.2, 0.25) is 0 Å². The lowest BCUT2D eigenvalue weighted by Gasteiger charge is -2.32. The number of amides is 1. The molecular formula is C25H31N5O2. The van der Waals surface area contributed by atoms with Crippen molar-refractivity contribution in [1.29, 1.82) is 5.41 Å². The van der Waals surface area contributed by atoms with E-state index in [2.05, 4.69) is 23.4 Å². The van der Waals surface area contributed by atoms with Crippen LogP contribution < -0.4 is 10.4 Å². The fourth-order valence-electron chi connectivity index (χ4n) is 4.38. The Labute approximate surface area is 188 Å². The number of nitrogens with zero attached hydrogens (tertiary/aromatic N) is 4. The molecule has 168 valence electrons. The summed E-state index contributed by atoms with van der Waals surface area (Å²) in [5, 5.41) is 8.33. The average molecular weight is 434 g/mol. The number of anilines is 2. The number of likely N-dealkylation sites (tertiary alicyclic amines) is 1. The standard InChI is InChI=1S/C25H31N5O2/c1-4-18(3)24(31)30-13-9-21(15-22(30)26)29-10-5-6-19-14-20(16-27-23(19)29)25(32)28-11-7-17(2)8-12-28/h9,13-17,26H,3-8,10-12H2,1-2H3. The molecule has 2 aliphatic rings. The lowest BCUT2D eigenvalue weighted by atomic mass is 9.98. The normalized spacial score (nSPS) is 16.6. The molecule has 32 heavy (non-hydrogen) atoms. The zero-order valence-electron chi connectivity index (χ0n) is 18.9. The first-order valence-corrected chi connectivity index (χ1v) is 11.4. The van der Waals surface area contributed by atoms with Crippen molar-refractivity contribution in [1.82, 2.24) is 14.5 Å². The van der Waals surface area contributed by atoms with Gasteiger partial charge in [0.15, 0.2) is 0 Å². The molecule has 1 amide bonds. The van der Waals surface area contributed by atoms with Crippen molar-refractivity contribution >= 4 is 23.3 Å². The minimum Gasteiger partial charge on any atom is -0.339 e. The third-order valence-corrected chi connectivity index (χ3v) is 6.54. The summed E-state index contributed by atoms with van der Waals surface area (Å²) in [6.07, 6.45) is 7.76. The molecule has 2 aromatic heterocycles. The number of carbonyl (C=O) groups is 2. The quantitative estimate of drug-likeness (QED) is 0.741. The molecule has 1 N–H and O–H groups in total. The van der Waals surface area contributed by atoms with Gasteiger partial charge in [0.2, 0.25) is 0 Å². The fourth-order valence-corrected chi connectivity index (χ4v) is 4.38. The molecule has 0 spiro atoms. The van der Waals surface area contributed by atoms with Crippen LogP contribution in [0.15, 0.2) is 42.7 Å². The summed E-state index contributed by atoms with van der Waals surface area (Å²) >= 11 is 0. The second-order valence-electron chi connectivity index (χ2n) is 8.84. The molecule has 1 saturated heterocycles. The summed E-state index contributed by atoms with van der Waals surface area (Å²) in [6, 6.07) is 5.50. The lowest BCUT2D eigenvalue weighted by Crippen LogP contribution is -2.38. The molecule has 1 fully saturated rings. The number of fused-ring (bicyclic) bond motifs is 1. The van der Waals surface area contributed by atoms with Gasteiger partial charge in [0.05, 0.1) is 5.56 Å². The SMILES string of the molecule is C=C(CC)C(=O)n1ccc(N2CCCc3cc(C(=O)N4CCC(C)CC4)cnc32)cc1=N. The maximum Gasteiger partial charge on any atom is 0.258 e. The summed E-state index contributed by atoms with van der Waals surface area (Å²) < 4.78 is 1.31. The van der Waals surface area contributed by atoms with E-state index in [9.17, 15) is 9.59 Å². The highest BCUT2D eigenvalue weighted by atomic mass is 16.2. The molecule has 0 radical (unpaired) electrons. The average Bonchev–Trinajstić information content (AvgIpc) is 2.82. The Balaban J connectivity index is 1.58. The van der Waals surface area contributed by atoms with E-state index in [1.165, 1.54) is 4.57 Å². The van der Waals surface area contributed by atoms with E-state index in [-0.39, 0.29) is 17.3 Å². The van der Waals surface area contributed by atoms with Gasteiger partial charge < -0.3 is 9.80 Å². The first-order chi connectivity index (χ1) is 15.4. The predicted molar refractivity (Wildman–Crippen MR) is 124 cm³/mol. The van der Waals surface area contributed by atoms with Gasteiger partial charge in [-0.05, 0) is 55.7 Å². The van der Waals surface area contributed by atoms with Crippen LogP contribution in [0, 0.1) is 11.3 Å². The van der Waals surface area contributed by atoms with Crippen molar-refractivity contribution in [3.05, 3.63) is 59.4 Å². The summed E-state index contributed by atoms with van der Waals surface area (Å²) in [7, 11) is 0. The molecule has 0 bridgehead atoms.